The molecule has 0 atom stereocenters. The van der Waals surface area contributed by atoms with Crippen LogP contribution in [0.5, 0.6) is 0 Å². The Kier molecular flexibility index (Phi) is 5.54. The zero-order chi connectivity index (χ0) is 27.3. The first kappa shape index (κ1) is 23.8. The number of aromatic nitrogens is 1. The zero-order valence-electron chi connectivity index (χ0n) is 22.0. The highest BCUT2D eigenvalue weighted by atomic mass is 32.1. The lowest BCUT2D eigenvalue weighted by Gasteiger charge is -2.25. The molecule has 0 fully saturated rings. The van der Waals surface area contributed by atoms with E-state index in [2.05, 4.69) is 125 Å². The third-order valence-electron chi connectivity index (χ3n) is 7.72. The number of pyridine rings is 1. The Bertz CT molecular complexity index is 2170. The number of hydrogen-bond acceptors (Lipinski definition) is 3. The molecule has 4 heteroatoms. The van der Waals surface area contributed by atoms with Gasteiger partial charge in [0, 0.05) is 48.0 Å². The molecule has 0 aliphatic rings. The molecule has 0 unspecified atom stereocenters. The van der Waals surface area contributed by atoms with Crippen molar-refractivity contribution in [2.45, 2.75) is 0 Å². The van der Waals surface area contributed by atoms with E-state index in [4.69, 9.17) is 0 Å². The summed E-state index contributed by atoms with van der Waals surface area (Å²) in [6.07, 6.45) is 1.32. The number of benzene rings is 6. The van der Waals surface area contributed by atoms with Crippen molar-refractivity contribution in [1.29, 1.82) is 0 Å². The molecule has 0 N–H and O–H groups in total. The van der Waals surface area contributed by atoms with Crippen LogP contribution < -0.4 is 4.90 Å². The molecule has 2 aromatic heterocycles. The minimum absolute atomic E-state index is 0.331. The zero-order valence-corrected chi connectivity index (χ0v) is 22.8. The molecule has 8 rings (SSSR count). The van der Waals surface area contributed by atoms with Gasteiger partial charge in [0.1, 0.15) is 5.82 Å². The quantitative estimate of drug-likeness (QED) is 0.204. The number of fused-ring (bicyclic) bond motifs is 7. The Balaban J connectivity index is 1.35. The molecular formula is C37H23FN2S. The van der Waals surface area contributed by atoms with Gasteiger partial charge in [-0.2, -0.15) is 0 Å². The van der Waals surface area contributed by atoms with Crippen LogP contribution in [-0.4, -0.2) is 4.98 Å². The predicted octanol–water partition coefficient (Wildman–Crippen LogP) is 11.0. The van der Waals surface area contributed by atoms with Crippen LogP contribution in [-0.2, 0) is 0 Å². The Morgan fingerprint density at radius 1 is 0.585 bits per heavy atom. The minimum atomic E-state index is -0.331. The van der Waals surface area contributed by atoms with Gasteiger partial charge in [-0.15, -0.1) is 11.3 Å². The number of rotatable bonds is 4. The minimum Gasteiger partial charge on any atom is -0.311 e. The van der Waals surface area contributed by atoms with E-state index >= 15 is 0 Å². The molecule has 0 saturated carbocycles. The monoisotopic (exact) mass is 546 g/mol. The number of para-hydroxylation sites is 2. The summed E-state index contributed by atoms with van der Waals surface area (Å²) in [6, 6.07) is 46.0. The van der Waals surface area contributed by atoms with Gasteiger partial charge >= 0.3 is 0 Å². The summed E-state index contributed by atoms with van der Waals surface area (Å²) >= 11 is 1.78. The Hall–Kier alpha value is -5.06. The third kappa shape index (κ3) is 3.95. The molecule has 2 heterocycles. The van der Waals surface area contributed by atoms with Crippen LogP contribution in [0.15, 0.2) is 140 Å². The topological polar surface area (TPSA) is 16.1 Å². The highest BCUT2D eigenvalue weighted by Gasteiger charge is 2.17. The summed E-state index contributed by atoms with van der Waals surface area (Å²) in [5, 5.41) is 5.44. The Morgan fingerprint density at radius 3 is 1.95 bits per heavy atom. The Morgan fingerprint density at radius 2 is 1.22 bits per heavy atom. The van der Waals surface area contributed by atoms with Crippen molar-refractivity contribution < 1.29 is 4.39 Å². The van der Waals surface area contributed by atoms with Crippen molar-refractivity contribution in [3.05, 3.63) is 145 Å². The SMILES string of the molecule is Fc1cnc2c(c1)cc(-c1ccc(N(c3ccccc3)c3ccccc3)cc1)c1ccc3c4ccccc4sc3c12. The molecule has 0 aliphatic carbocycles. The van der Waals surface area contributed by atoms with E-state index in [1.807, 2.05) is 12.1 Å². The second kappa shape index (κ2) is 9.54. The second-order valence-electron chi connectivity index (χ2n) is 10.2. The maximum atomic E-state index is 14.5. The van der Waals surface area contributed by atoms with Gasteiger partial charge in [0.15, 0.2) is 0 Å². The van der Waals surface area contributed by atoms with Crippen molar-refractivity contribution in [3.8, 4) is 11.1 Å². The molecule has 0 aliphatic heterocycles. The fourth-order valence-electron chi connectivity index (χ4n) is 5.89. The van der Waals surface area contributed by atoms with E-state index in [1.54, 1.807) is 17.4 Å². The molecule has 194 valence electrons. The first-order chi connectivity index (χ1) is 20.2. The second-order valence-corrected chi connectivity index (χ2v) is 11.2. The highest BCUT2D eigenvalue weighted by molar-refractivity contribution is 7.26. The summed E-state index contributed by atoms with van der Waals surface area (Å²) < 4.78 is 16.9. The van der Waals surface area contributed by atoms with Crippen molar-refractivity contribution in [2.75, 3.05) is 4.90 Å². The van der Waals surface area contributed by atoms with Crippen LogP contribution in [0, 0.1) is 5.82 Å². The van der Waals surface area contributed by atoms with E-state index in [1.165, 1.54) is 26.4 Å². The van der Waals surface area contributed by atoms with Gasteiger partial charge in [0.2, 0.25) is 0 Å². The summed E-state index contributed by atoms with van der Waals surface area (Å²) in [5.41, 5.74) is 6.23. The first-order valence-corrected chi connectivity index (χ1v) is 14.4. The lowest BCUT2D eigenvalue weighted by molar-refractivity contribution is 0.624. The van der Waals surface area contributed by atoms with Gasteiger partial charge < -0.3 is 4.90 Å². The average Bonchev–Trinajstić information content (AvgIpc) is 3.41. The number of halogens is 1. The molecule has 0 amide bonds. The van der Waals surface area contributed by atoms with Gasteiger partial charge in [-0.3, -0.25) is 4.98 Å². The van der Waals surface area contributed by atoms with Crippen LogP contribution in [0.2, 0.25) is 0 Å². The number of anilines is 3. The molecule has 0 radical (unpaired) electrons. The van der Waals surface area contributed by atoms with E-state index < -0.39 is 0 Å². The summed E-state index contributed by atoms with van der Waals surface area (Å²) in [4.78, 5) is 6.85. The maximum absolute atomic E-state index is 14.5. The van der Waals surface area contributed by atoms with Crippen molar-refractivity contribution in [3.63, 3.8) is 0 Å². The molecule has 8 aromatic rings. The fraction of sp³-hybridized carbons (Fsp3) is 0. The first-order valence-electron chi connectivity index (χ1n) is 13.6. The number of thiophene rings is 1. The Labute approximate surface area is 240 Å². The molecule has 0 saturated heterocycles. The van der Waals surface area contributed by atoms with Crippen molar-refractivity contribution in [2.24, 2.45) is 0 Å². The van der Waals surface area contributed by atoms with Crippen LogP contribution in [0.1, 0.15) is 0 Å². The van der Waals surface area contributed by atoms with Crippen LogP contribution >= 0.6 is 11.3 Å². The lowest BCUT2D eigenvalue weighted by atomic mass is 9.94. The molecule has 41 heavy (non-hydrogen) atoms. The van der Waals surface area contributed by atoms with Crippen molar-refractivity contribution in [1.82, 2.24) is 4.98 Å². The molecule has 0 bridgehead atoms. The van der Waals surface area contributed by atoms with E-state index in [-0.39, 0.29) is 5.82 Å². The standard InChI is InChI=1S/C37H23FN2S/c38-26-21-25-22-33(31-19-20-32-30-13-7-8-14-34(30)41-37(32)35(31)36(25)39-23-26)24-15-17-29(18-16-24)40(27-9-3-1-4-10-27)28-11-5-2-6-12-28/h1-23H. The molecule has 0 spiro atoms. The van der Waals surface area contributed by atoms with Gasteiger partial charge in [-0.25, -0.2) is 4.39 Å². The van der Waals surface area contributed by atoms with E-state index in [9.17, 15) is 4.39 Å². The molecular weight excluding hydrogens is 523 g/mol. The van der Waals surface area contributed by atoms with Gasteiger partial charge in [-0.05, 0) is 71.1 Å². The fourth-order valence-corrected chi connectivity index (χ4v) is 7.14. The normalized spacial score (nSPS) is 11.5. The lowest BCUT2D eigenvalue weighted by Crippen LogP contribution is -2.09. The van der Waals surface area contributed by atoms with E-state index in [0.717, 1.165) is 49.9 Å². The third-order valence-corrected chi connectivity index (χ3v) is 8.93. The summed E-state index contributed by atoms with van der Waals surface area (Å²) in [6.45, 7) is 0. The van der Waals surface area contributed by atoms with Crippen LogP contribution in [0.25, 0.3) is 53.0 Å². The van der Waals surface area contributed by atoms with Gasteiger partial charge in [0.05, 0.1) is 11.7 Å². The van der Waals surface area contributed by atoms with Crippen LogP contribution in [0.3, 0.4) is 0 Å². The average molecular weight is 547 g/mol. The van der Waals surface area contributed by atoms with Crippen LogP contribution in [0.4, 0.5) is 21.5 Å². The molecule has 6 aromatic carbocycles. The van der Waals surface area contributed by atoms with Gasteiger partial charge in [0.25, 0.3) is 0 Å². The number of hydrogen-bond donors (Lipinski definition) is 0. The summed E-state index contributed by atoms with van der Waals surface area (Å²) in [7, 11) is 0. The largest absolute Gasteiger partial charge is 0.311 e. The highest BCUT2D eigenvalue weighted by Crippen LogP contribution is 2.44. The summed E-state index contributed by atoms with van der Waals surface area (Å²) in [5.74, 6) is -0.331. The number of nitrogens with zero attached hydrogens (tertiary/aromatic N) is 2. The van der Waals surface area contributed by atoms with Crippen molar-refractivity contribution >= 4 is 70.2 Å². The maximum Gasteiger partial charge on any atom is 0.142 e. The predicted molar refractivity (Wildman–Crippen MR) is 172 cm³/mol. The van der Waals surface area contributed by atoms with Gasteiger partial charge in [-0.1, -0.05) is 78.9 Å². The smallest absolute Gasteiger partial charge is 0.142 e. The van der Waals surface area contributed by atoms with E-state index in [0.29, 0.717) is 0 Å². The molecule has 2 nitrogen and oxygen atoms in total.